The van der Waals surface area contributed by atoms with Crippen molar-refractivity contribution in [3.05, 3.63) is 17.5 Å². The highest BCUT2D eigenvalue weighted by Gasteiger charge is 2.42. The van der Waals surface area contributed by atoms with E-state index in [0.29, 0.717) is 24.9 Å². The van der Waals surface area contributed by atoms with E-state index in [2.05, 4.69) is 5.10 Å². The number of hydrogen-bond donors (Lipinski definition) is 1. The topological polar surface area (TPSA) is 75.4 Å². The molecule has 6 nitrogen and oxygen atoms in total. The van der Waals surface area contributed by atoms with Crippen molar-refractivity contribution in [1.82, 2.24) is 14.7 Å². The van der Waals surface area contributed by atoms with Crippen molar-refractivity contribution in [3.8, 4) is 0 Å². The van der Waals surface area contributed by atoms with Crippen LogP contribution in [0.4, 0.5) is 0 Å². The Hall–Kier alpha value is -1.85. The van der Waals surface area contributed by atoms with Crippen LogP contribution in [0.15, 0.2) is 6.20 Å². The number of carbonyl (C=O) groups excluding carboxylic acids is 1. The molecule has 122 valence electrons. The second-order valence-corrected chi connectivity index (χ2v) is 7.28. The Morgan fingerprint density at radius 2 is 2.05 bits per heavy atom. The van der Waals surface area contributed by atoms with Crippen LogP contribution in [0.5, 0.6) is 0 Å². The molecule has 0 bridgehead atoms. The molecular formula is C16H25N3O3. The van der Waals surface area contributed by atoms with Crippen LogP contribution in [-0.4, -0.2) is 44.8 Å². The van der Waals surface area contributed by atoms with Crippen molar-refractivity contribution in [2.24, 2.45) is 5.41 Å². The Morgan fingerprint density at radius 3 is 2.50 bits per heavy atom. The van der Waals surface area contributed by atoms with Crippen LogP contribution in [0.3, 0.4) is 0 Å². The van der Waals surface area contributed by atoms with Gasteiger partial charge in [-0.3, -0.25) is 14.3 Å². The number of likely N-dealkylation sites (tertiary alicyclic amines) is 1. The van der Waals surface area contributed by atoms with Crippen LogP contribution in [0.2, 0.25) is 0 Å². The van der Waals surface area contributed by atoms with Gasteiger partial charge in [0.2, 0.25) is 0 Å². The molecule has 0 unspecified atom stereocenters. The second-order valence-electron chi connectivity index (χ2n) is 7.28. The minimum atomic E-state index is -0.845. The van der Waals surface area contributed by atoms with E-state index >= 15 is 0 Å². The molecule has 1 atom stereocenters. The Labute approximate surface area is 131 Å². The quantitative estimate of drug-likeness (QED) is 0.928. The zero-order chi connectivity index (χ0) is 16.7. The van der Waals surface area contributed by atoms with Gasteiger partial charge in [0.25, 0.3) is 5.91 Å². The maximum absolute atomic E-state index is 12.8. The summed E-state index contributed by atoms with van der Waals surface area (Å²) in [7, 11) is 0. The van der Waals surface area contributed by atoms with Crippen molar-refractivity contribution in [2.45, 2.75) is 53.0 Å². The fourth-order valence-electron chi connectivity index (χ4n) is 2.95. The van der Waals surface area contributed by atoms with Crippen molar-refractivity contribution in [3.63, 3.8) is 0 Å². The van der Waals surface area contributed by atoms with E-state index in [1.165, 1.54) is 0 Å². The average Bonchev–Trinajstić information content (AvgIpc) is 3.01. The number of carbonyl (C=O) groups is 2. The number of carboxylic acid groups (broad SMARTS) is 1. The normalized spacial score (nSPS) is 22.1. The van der Waals surface area contributed by atoms with Gasteiger partial charge in [-0.15, -0.1) is 0 Å². The lowest BCUT2D eigenvalue weighted by molar-refractivity contribution is -0.147. The molecule has 1 aliphatic heterocycles. The van der Waals surface area contributed by atoms with E-state index in [1.54, 1.807) is 18.0 Å². The van der Waals surface area contributed by atoms with Crippen molar-refractivity contribution in [1.29, 1.82) is 0 Å². The van der Waals surface area contributed by atoms with E-state index in [1.807, 2.05) is 32.4 Å². The molecular weight excluding hydrogens is 282 g/mol. The van der Waals surface area contributed by atoms with Gasteiger partial charge in [0.1, 0.15) is 0 Å². The minimum absolute atomic E-state index is 0.114. The Morgan fingerprint density at radius 1 is 1.41 bits per heavy atom. The lowest BCUT2D eigenvalue weighted by Gasteiger charge is -2.23. The molecule has 1 aromatic rings. The van der Waals surface area contributed by atoms with Crippen LogP contribution in [0.25, 0.3) is 0 Å². The molecule has 1 aromatic heterocycles. The Kier molecular flexibility index (Phi) is 4.06. The zero-order valence-corrected chi connectivity index (χ0v) is 14.0. The number of carboxylic acids is 1. The van der Waals surface area contributed by atoms with Gasteiger partial charge in [0.15, 0.2) is 0 Å². The first-order valence-corrected chi connectivity index (χ1v) is 7.70. The SMILES string of the molecule is CCc1c(C(=O)N2CC[C@](C)(C(=O)O)C2)cnn1C(C)(C)C. The van der Waals surface area contributed by atoms with Crippen LogP contribution in [-0.2, 0) is 16.8 Å². The molecule has 0 saturated carbocycles. The molecule has 0 aromatic carbocycles. The molecule has 1 fully saturated rings. The summed E-state index contributed by atoms with van der Waals surface area (Å²) in [6.07, 6.45) is 2.81. The van der Waals surface area contributed by atoms with E-state index in [4.69, 9.17) is 0 Å². The zero-order valence-electron chi connectivity index (χ0n) is 14.0. The summed E-state index contributed by atoms with van der Waals surface area (Å²) < 4.78 is 1.88. The fourth-order valence-corrected chi connectivity index (χ4v) is 2.95. The predicted molar refractivity (Wildman–Crippen MR) is 82.9 cm³/mol. The number of aliphatic carboxylic acids is 1. The highest BCUT2D eigenvalue weighted by atomic mass is 16.4. The molecule has 1 N–H and O–H groups in total. The lowest BCUT2D eigenvalue weighted by Crippen LogP contribution is -2.35. The van der Waals surface area contributed by atoms with Gasteiger partial charge < -0.3 is 10.0 Å². The van der Waals surface area contributed by atoms with Gasteiger partial charge in [0, 0.05) is 13.1 Å². The number of aromatic nitrogens is 2. The number of nitrogens with zero attached hydrogens (tertiary/aromatic N) is 3. The first kappa shape index (κ1) is 16.5. The Bertz CT molecular complexity index is 600. The van der Waals surface area contributed by atoms with Gasteiger partial charge >= 0.3 is 5.97 Å². The fraction of sp³-hybridized carbons (Fsp3) is 0.688. The second kappa shape index (κ2) is 5.41. The Balaban J connectivity index is 2.29. The molecule has 0 spiro atoms. The number of rotatable bonds is 3. The van der Waals surface area contributed by atoms with E-state index < -0.39 is 11.4 Å². The van der Waals surface area contributed by atoms with Crippen LogP contribution in [0.1, 0.15) is 57.1 Å². The first-order valence-electron chi connectivity index (χ1n) is 7.70. The molecule has 22 heavy (non-hydrogen) atoms. The smallest absolute Gasteiger partial charge is 0.311 e. The molecule has 2 heterocycles. The third-order valence-corrected chi connectivity index (χ3v) is 4.35. The first-order chi connectivity index (χ1) is 10.1. The average molecular weight is 307 g/mol. The van der Waals surface area contributed by atoms with Gasteiger partial charge in [-0.2, -0.15) is 5.10 Å². The highest BCUT2D eigenvalue weighted by Crippen LogP contribution is 2.31. The summed E-state index contributed by atoms with van der Waals surface area (Å²) in [5.41, 5.74) is 0.459. The monoisotopic (exact) mass is 307 g/mol. The summed E-state index contributed by atoms with van der Waals surface area (Å²) in [6.45, 7) is 10.6. The molecule has 2 rings (SSSR count). The number of amides is 1. The largest absolute Gasteiger partial charge is 0.481 e. The molecule has 1 amide bonds. The lowest BCUT2D eigenvalue weighted by atomic mass is 9.90. The maximum atomic E-state index is 12.8. The third kappa shape index (κ3) is 2.74. The van der Waals surface area contributed by atoms with Crippen molar-refractivity contribution >= 4 is 11.9 Å². The van der Waals surface area contributed by atoms with Gasteiger partial charge in [-0.25, -0.2) is 0 Å². The van der Waals surface area contributed by atoms with Crippen LogP contribution in [0, 0.1) is 5.41 Å². The summed E-state index contributed by atoms with van der Waals surface area (Å²) in [4.78, 5) is 25.7. The minimum Gasteiger partial charge on any atom is -0.481 e. The predicted octanol–water partition coefficient (Wildman–Crippen LogP) is 2.14. The van der Waals surface area contributed by atoms with Crippen molar-refractivity contribution < 1.29 is 14.7 Å². The molecule has 1 aliphatic rings. The summed E-state index contributed by atoms with van der Waals surface area (Å²) in [5.74, 6) is -0.957. The van der Waals surface area contributed by atoms with Crippen LogP contribution < -0.4 is 0 Å². The highest BCUT2D eigenvalue weighted by molar-refractivity contribution is 5.96. The molecule has 0 aliphatic carbocycles. The summed E-state index contributed by atoms with van der Waals surface area (Å²) in [6, 6.07) is 0. The summed E-state index contributed by atoms with van der Waals surface area (Å²) in [5, 5.41) is 13.7. The van der Waals surface area contributed by atoms with E-state index in [9.17, 15) is 14.7 Å². The number of hydrogen-bond acceptors (Lipinski definition) is 3. The molecule has 0 radical (unpaired) electrons. The van der Waals surface area contributed by atoms with Crippen molar-refractivity contribution in [2.75, 3.05) is 13.1 Å². The standard InChI is InChI=1S/C16H25N3O3/c1-6-12-11(9-17-19(12)15(2,3)4)13(20)18-8-7-16(5,10-18)14(21)22/h9H,6-8,10H2,1-5H3,(H,21,22)/t16-/m0/s1. The maximum Gasteiger partial charge on any atom is 0.311 e. The van der Waals surface area contributed by atoms with E-state index in [0.717, 1.165) is 5.69 Å². The molecule has 6 heteroatoms. The van der Waals surface area contributed by atoms with Gasteiger partial charge in [-0.05, 0) is 40.5 Å². The van der Waals surface area contributed by atoms with Gasteiger partial charge in [0.05, 0.1) is 28.4 Å². The van der Waals surface area contributed by atoms with E-state index in [-0.39, 0.29) is 18.0 Å². The summed E-state index contributed by atoms with van der Waals surface area (Å²) >= 11 is 0. The van der Waals surface area contributed by atoms with Gasteiger partial charge in [-0.1, -0.05) is 6.92 Å². The van der Waals surface area contributed by atoms with Crippen LogP contribution >= 0.6 is 0 Å². The molecule has 1 saturated heterocycles. The third-order valence-electron chi connectivity index (χ3n) is 4.35.